The molecule has 3 atom stereocenters. The third-order valence-electron chi connectivity index (χ3n) is 7.06. The summed E-state index contributed by atoms with van der Waals surface area (Å²) < 4.78 is 37.3. The lowest BCUT2D eigenvalue weighted by Crippen LogP contribution is -2.34. The van der Waals surface area contributed by atoms with Crippen LogP contribution in [0.2, 0.25) is 0 Å². The smallest absolute Gasteiger partial charge is 0.472 e. The van der Waals surface area contributed by atoms with Crippen molar-refractivity contribution in [1.29, 1.82) is 0 Å². The average Bonchev–Trinajstić information content (AvgIpc) is 3.12. The van der Waals surface area contributed by atoms with Gasteiger partial charge in [-0.25, -0.2) is 4.57 Å². The van der Waals surface area contributed by atoms with Crippen molar-refractivity contribution in [3.63, 3.8) is 0 Å². The molecule has 51 heavy (non-hydrogen) atoms. The van der Waals surface area contributed by atoms with Gasteiger partial charge in [0.1, 0.15) is 25.0 Å². The Hall–Kier alpha value is -4.58. The molecule has 2 rings (SSSR count). The van der Waals surface area contributed by atoms with Crippen LogP contribution in [0, 0.1) is 12.3 Å². The highest BCUT2D eigenvalue weighted by atomic mass is 31.2. The molecule has 0 radical (unpaired) electrons. The van der Waals surface area contributed by atoms with Gasteiger partial charge in [-0.1, -0.05) is 44.2 Å². The summed E-state index contributed by atoms with van der Waals surface area (Å²) in [5.74, 6) is -0.278. The van der Waals surface area contributed by atoms with Gasteiger partial charge in [0.2, 0.25) is 0 Å². The fraction of sp³-hybridized carbons (Fsp3) is 0.457. The minimum atomic E-state index is -4.76. The zero-order chi connectivity index (χ0) is 37.6. The van der Waals surface area contributed by atoms with Gasteiger partial charge in [0, 0.05) is 36.1 Å². The van der Waals surface area contributed by atoms with E-state index in [1.807, 2.05) is 6.92 Å². The fourth-order valence-electron chi connectivity index (χ4n) is 4.24. The number of nitrogens with one attached hydrogen (secondary N) is 1. The van der Waals surface area contributed by atoms with E-state index in [1.54, 1.807) is 48.5 Å². The molecular formula is C35H45N2O13P. The molecule has 0 bridgehead atoms. The molecule has 0 aliphatic rings. The number of hydrogen-bond donors (Lipinski definition) is 4. The van der Waals surface area contributed by atoms with E-state index >= 15 is 0 Å². The second-order valence-electron chi connectivity index (χ2n) is 11.2. The highest BCUT2D eigenvalue weighted by molar-refractivity contribution is 7.47. The van der Waals surface area contributed by atoms with E-state index in [4.69, 9.17) is 36.0 Å². The van der Waals surface area contributed by atoms with Crippen molar-refractivity contribution < 1.29 is 61.8 Å². The molecule has 0 heterocycles. The molecule has 278 valence electrons. The Balaban J connectivity index is 1.73. The molecule has 1 unspecified atom stereocenters. The summed E-state index contributed by atoms with van der Waals surface area (Å²) in [5, 5.41) is 11.6. The van der Waals surface area contributed by atoms with Crippen LogP contribution >= 0.6 is 7.82 Å². The van der Waals surface area contributed by atoms with Gasteiger partial charge in [0.05, 0.1) is 13.2 Å². The summed E-state index contributed by atoms with van der Waals surface area (Å²) in [7, 11) is -4.76. The Morgan fingerprint density at radius 2 is 1.43 bits per heavy atom. The number of terminal acetylenes is 1. The highest BCUT2D eigenvalue weighted by Crippen LogP contribution is 2.43. The van der Waals surface area contributed by atoms with Gasteiger partial charge in [0.25, 0.3) is 5.91 Å². The van der Waals surface area contributed by atoms with Crippen LogP contribution in [-0.2, 0) is 37.5 Å². The number of carboxylic acids is 1. The monoisotopic (exact) mass is 732 g/mol. The van der Waals surface area contributed by atoms with Crippen molar-refractivity contribution in [3.05, 3.63) is 65.2 Å². The van der Waals surface area contributed by atoms with Crippen molar-refractivity contribution in [2.24, 2.45) is 5.73 Å². The number of hydrogen-bond acceptors (Lipinski definition) is 12. The van der Waals surface area contributed by atoms with Gasteiger partial charge in [0.15, 0.2) is 11.9 Å². The normalized spacial score (nSPS) is 13.1. The van der Waals surface area contributed by atoms with Gasteiger partial charge in [-0.05, 0) is 55.7 Å². The molecule has 0 aromatic heterocycles. The van der Waals surface area contributed by atoms with Crippen molar-refractivity contribution in [3.8, 4) is 18.1 Å². The van der Waals surface area contributed by atoms with E-state index in [9.17, 15) is 33.4 Å². The Kier molecular flexibility index (Phi) is 19.2. The first-order valence-electron chi connectivity index (χ1n) is 16.4. The SMILES string of the molecule is C#CCOc1ccc(C(=O)c2ccc(C(=O)NCCCCCC(=O)OC[C@@H](COP(=O)(O)OC[C@H](N)C(=O)O)OC(=O)CCCCC)cc2)cc1. The van der Waals surface area contributed by atoms with Crippen LogP contribution in [0.3, 0.4) is 0 Å². The minimum Gasteiger partial charge on any atom is -0.481 e. The van der Waals surface area contributed by atoms with Crippen molar-refractivity contribution in [2.45, 2.75) is 70.4 Å². The Labute approximate surface area is 296 Å². The summed E-state index contributed by atoms with van der Waals surface area (Å²) >= 11 is 0. The van der Waals surface area contributed by atoms with Crippen LogP contribution in [0.4, 0.5) is 0 Å². The van der Waals surface area contributed by atoms with E-state index in [2.05, 4.69) is 15.8 Å². The maximum atomic E-state index is 12.8. The topological polar surface area (TPSA) is 227 Å². The summed E-state index contributed by atoms with van der Waals surface area (Å²) in [6, 6.07) is 11.3. The first-order chi connectivity index (χ1) is 24.3. The Morgan fingerprint density at radius 3 is 2.06 bits per heavy atom. The number of unbranched alkanes of at least 4 members (excludes halogenated alkanes) is 4. The maximum absolute atomic E-state index is 12.8. The van der Waals surface area contributed by atoms with Crippen LogP contribution < -0.4 is 15.8 Å². The Bertz CT molecular complexity index is 1520. The average molecular weight is 733 g/mol. The van der Waals surface area contributed by atoms with Crippen molar-refractivity contribution >= 4 is 37.4 Å². The van der Waals surface area contributed by atoms with Crippen molar-refractivity contribution in [1.82, 2.24) is 5.32 Å². The van der Waals surface area contributed by atoms with Crippen LogP contribution in [0.25, 0.3) is 0 Å². The summed E-state index contributed by atoms with van der Waals surface area (Å²) in [6.07, 6.45) is 7.86. The number of phosphoric ester groups is 1. The molecule has 2 aromatic rings. The lowest BCUT2D eigenvalue weighted by molar-refractivity contribution is -0.161. The van der Waals surface area contributed by atoms with E-state index in [0.29, 0.717) is 54.7 Å². The Morgan fingerprint density at radius 1 is 0.843 bits per heavy atom. The fourth-order valence-corrected chi connectivity index (χ4v) is 5.02. The number of amides is 1. The second kappa shape index (κ2) is 23.0. The summed E-state index contributed by atoms with van der Waals surface area (Å²) in [5.41, 5.74) is 6.51. The van der Waals surface area contributed by atoms with Gasteiger partial charge in [-0.3, -0.25) is 33.0 Å². The molecule has 0 aliphatic heterocycles. The third-order valence-corrected chi connectivity index (χ3v) is 8.01. The predicted molar refractivity (Wildman–Crippen MR) is 184 cm³/mol. The number of carbonyl (C=O) groups is 5. The predicted octanol–water partition coefficient (Wildman–Crippen LogP) is 3.80. The third kappa shape index (κ3) is 17.3. The van der Waals surface area contributed by atoms with E-state index in [0.717, 1.165) is 12.8 Å². The number of esters is 2. The van der Waals surface area contributed by atoms with E-state index < -0.39 is 57.7 Å². The zero-order valence-corrected chi connectivity index (χ0v) is 29.3. The molecule has 0 saturated heterocycles. The molecule has 0 fully saturated rings. The van der Waals surface area contributed by atoms with Crippen LogP contribution in [0.1, 0.15) is 84.6 Å². The molecule has 1 amide bonds. The zero-order valence-electron chi connectivity index (χ0n) is 28.5. The van der Waals surface area contributed by atoms with Crippen LogP contribution in [0.5, 0.6) is 5.75 Å². The van der Waals surface area contributed by atoms with E-state index in [1.165, 1.54) is 0 Å². The summed E-state index contributed by atoms with van der Waals surface area (Å²) in [6.45, 7) is 0.500. The standard InChI is InChI=1S/C35H45N2O13P/c1-3-5-7-11-32(39)50-29(23-48-51(44,45)49-24-30(36)35(42)43)22-47-31(38)10-8-6-9-20-37-34(41)27-14-12-25(13-15-27)33(40)26-16-18-28(19-17-26)46-21-4-2/h2,12-19,29-30H,3,5-11,20-24,36H2,1H3,(H,37,41)(H,42,43)(H,44,45)/t29-,30-/m0/s1. The molecule has 5 N–H and O–H groups in total. The molecule has 15 nitrogen and oxygen atoms in total. The number of phosphoric acid groups is 1. The first-order valence-corrected chi connectivity index (χ1v) is 17.9. The molecular weight excluding hydrogens is 687 g/mol. The lowest BCUT2D eigenvalue weighted by atomic mass is 10.0. The largest absolute Gasteiger partial charge is 0.481 e. The molecule has 0 spiro atoms. The number of carboxylic acid groups (broad SMARTS) is 1. The second-order valence-corrected chi connectivity index (χ2v) is 12.7. The number of rotatable bonds is 25. The molecule has 0 aliphatic carbocycles. The van der Waals surface area contributed by atoms with Gasteiger partial charge in [-0.2, -0.15) is 0 Å². The number of benzene rings is 2. The van der Waals surface area contributed by atoms with Crippen molar-refractivity contribution in [2.75, 3.05) is 33.0 Å². The maximum Gasteiger partial charge on any atom is 0.472 e. The minimum absolute atomic E-state index is 0.0246. The number of ketones is 1. The summed E-state index contributed by atoms with van der Waals surface area (Å²) in [4.78, 5) is 70.5. The number of ether oxygens (including phenoxy) is 3. The number of carbonyl (C=O) groups excluding carboxylic acids is 4. The molecule has 0 saturated carbocycles. The van der Waals surface area contributed by atoms with Crippen LogP contribution in [-0.4, -0.2) is 84.7 Å². The molecule has 16 heteroatoms. The number of nitrogens with two attached hydrogens (primary N) is 1. The number of aliphatic carboxylic acids is 1. The van der Waals surface area contributed by atoms with Gasteiger partial charge < -0.3 is 35.3 Å². The van der Waals surface area contributed by atoms with E-state index in [-0.39, 0.29) is 31.1 Å². The lowest BCUT2D eigenvalue weighted by Gasteiger charge is -2.20. The highest BCUT2D eigenvalue weighted by Gasteiger charge is 2.28. The quantitative estimate of drug-likeness (QED) is 0.0375. The molecule has 2 aromatic carbocycles. The van der Waals surface area contributed by atoms with Crippen LogP contribution in [0.15, 0.2) is 48.5 Å². The van der Waals surface area contributed by atoms with Gasteiger partial charge in [-0.15, -0.1) is 6.42 Å². The van der Waals surface area contributed by atoms with Gasteiger partial charge >= 0.3 is 25.7 Å². The first kappa shape index (κ1) is 42.6.